The number of hydrazine groups is 1. The smallest absolute Gasteiger partial charge is 0.234 e. The minimum absolute atomic E-state index is 0.0170. The van der Waals surface area contributed by atoms with Gasteiger partial charge in [0.2, 0.25) is 11.8 Å². The van der Waals surface area contributed by atoms with Crippen molar-refractivity contribution in [3.05, 3.63) is 29.3 Å². The predicted octanol–water partition coefficient (Wildman–Crippen LogP) is 0.722. The van der Waals surface area contributed by atoms with Crippen molar-refractivity contribution < 1.29 is 9.59 Å². The van der Waals surface area contributed by atoms with E-state index in [-0.39, 0.29) is 24.7 Å². The molecule has 1 aliphatic rings. The molecule has 0 radical (unpaired) electrons. The maximum Gasteiger partial charge on any atom is 0.234 e. The van der Waals surface area contributed by atoms with Crippen molar-refractivity contribution >= 4 is 17.5 Å². The quantitative estimate of drug-likeness (QED) is 0.488. The average Bonchev–Trinajstić information content (AvgIpc) is 2.55. The Morgan fingerprint density at radius 2 is 1.77 bits per heavy atom. The van der Waals surface area contributed by atoms with E-state index in [0.717, 1.165) is 13.1 Å². The highest BCUT2D eigenvalue weighted by molar-refractivity contribution is 5.83. The second-order valence-corrected chi connectivity index (χ2v) is 5.70. The average molecular weight is 304 g/mol. The normalized spacial score (nSPS) is 14.9. The van der Waals surface area contributed by atoms with Crippen LogP contribution in [0.5, 0.6) is 0 Å². The molecule has 1 aromatic rings. The number of carbonyl (C=O) groups is 2. The molecule has 6 heteroatoms. The lowest BCUT2D eigenvalue weighted by atomic mass is 10.1. The molecule has 0 saturated carbocycles. The van der Waals surface area contributed by atoms with E-state index in [4.69, 9.17) is 5.84 Å². The predicted molar refractivity (Wildman–Crippen MR) is 86.3 cm³/mol. The molecule has 1 aliphatic heterocycles. The van der Waals surface area contributed by atoms with Gasteiger partial charge in [-0.05, 0) is 37.1 Å². The number of hydrogen-bond donors (Lipinski definition) is 2. The summed E-state index contributed by atoms with van der Waals surface area (Å²) in [4.78, 5) is 27.2. The SMILES string of the molecule is Cc1ccc(N2CCN(C(=O)CCC(=O)NN)CC2)cc1C. The first-order valence-electron chi connectivity index (χ1n) is 7.60. The molecule has 2 amide bonds. The van der Waals surface area contributed by atoms with Gasteiger partial charge in [-0.3, -0.25) is 15.0 Å². The Bertz CT molecular complexity index is 551. The van der Waals surface area contributed by atoms with E-state index in [0.29, 0.717) is 13.1 Å². The maximum atomic E-state index is 12.0. The van der Waals surface area contributed by atoms with Crippen LogP contribution in [0.15, 0.2) is 18.2 Å². The van der Waals surface area contributed by atoms with Crippen LogP contribution in [0.2, 0.25) is 0 Å². The topological polar surface area (TPSA) is 78.7 Å². The Morgan fingerprint density at radius 1 is 1.09 bits per heavy atom. The second kappa shape index (κ2) is 7.26. The lowest BCUT2D eigenvalue weighted by molar-refractivity contribution is -0.133. The summed E-state index contributed by atoms with van der Waals surface area (Å²) in [6.45, 7) is 7.23. The summed E-state index contributed by atoms with van der Waals surface area (Å²) < 4.78 is 0. The number of amides is 2. The van der Waals surface area contributed by atoms with Crippen LogP contribution in [0.3, 0.4) is 0 Å². The van der Waals surface area contributed by atoms with Crippen LogP contribution >= 0.6 is 0 Å². The van der Waals surface area contributed by atoms with Crippen LogP contribution in [0, 0.1) is 13.8 Å². The van der Waals surface area contributed by atoms with Crippen molar-refractivity contribution in [3.8, 4) is 0 Å². The third-order valence-electron chi connectivity index (χ3n) is 4.21. The van der Waals surface area contributed by atoms with E-state index in [1.165, 1.54) is 16.8 Å². The van der Waals surface area contributed by atoms with Crippen LogP contribution in [-0.2, 0) is 9.59 Å². The van der Waals surface area contributed by atoms with Gasteiger partial charge < -0.3 is 9.80 Å². The van der Waals surface area contributed by atoms with Gasteiger partial charge in [-0.15, -0.1) is 0 Å². The van der Waals surface area contributed by atoms with Crippen LogP contribution in [0.25, 0.3) is 0 Å². The van der Waals surface area contributed by atoms with Crippen LogP contribution in [0.1, 0.15) is 24.0 Å². The molecule has 3 N–H and O–H groups in total. The van der Waals surface area contributed by atoms with Crippen LogP contribution in [0.4, 0.5) is 5.69 Å². The number of aryl methyl sites for hydroxylation is 2. The molecule has 2 rings (SSSR count). The van der Waals surface area contributed by atoms with E-state index in [2.05, 4.69) is 36.9 Å². The summed E-state index contributed by atoms with van der Waals surface area (Å²) in [5.41, 5.74) is 5.82. The molecule has 0 aliphatic carbocycles. The first-order chi connectivity index (χ1) is 10.5. The third-order valence-corrected chi connectivity index (χ3v) is 4.21. The number of nitrogens with two attached hydrogens (primary N) is 1. The first kappa shape index (κ1) is 16.3. The highest BCUT2D eigenvalue weighted by Gasteiger charge is 2.21. The summed E-state index contributed by atoms with van der Waals surface area (Å²) in [7, 11) is 0. The number of piperazine rings is 1. The van der Waals surface area contributed by atoms with Crippen LogP contribution in [-0.4, -0.2) is 42.9 Å². The fraction of sp³-hybridized carbons (Fsp3) is 0.500. The molecular formula is C16H24N4O2. The van der Waals surface area contributed by atoms with Gasteiger partial charge in [0.05, 0.1) is 0 Å². The Kier molecular flexibility index (Phi) is 5.38. The van der Waals surface area contributed by atoms with Gasteiger partial charge in [-0.25, -0.2) is 5.84 Å². The molecule has 1 fully saturated rings. The fourth-order valence-electron chi connectivity index (χ4n) is 2.59. The van der Waals surface area contributed by atoms with E-state index in [9.17, 15) is 9.59 Å². The summed E-state index contributed by atoms with van der Waals surface area (Å²) in [5, 5.41) is 0. The van der Waals surface area contributed by atoms with Gasteiger partial charge in [0.1, 0.15) is 0 Å². The van der Waals surface area contributed by atoms with E-state index in [1.807, 2.05) is 10.3 Å². The lowest BCUT2D eigenvalue weighted by Gasteiger charge is -2.36. The Labute approximate surface area is 131 Å². The molecule has 0 spiro atoms. The zero-order valence-corrected chi connectivity index (χ0v) is 13.3. The monoisotopic (exact) mass is 304 g/mol. The Morgan fingerprint density at radius 3 is 2.36 bits per heavy atom. The van der Waals surface area contributed by atoms with Crippen molar-refractivity contribution in [1.29, 1.82) is 0 Å². The zero-order chi connectivity index (χ0) is 16.1. The zero-order valence-electron chi connectivity index (χ0n) is 13.3. The summed E-state index contributed by atoms with van der Waals surface area (Å²) >= 11 is 0. The number of anilines is 1. The largest absolute Gasteiger partial charge is 0.368 e. The van der Waals surface area contributed by atoms with Crippen molar-refractivity contribution in [3.63, 3.8) is 0 Å². The molecule has 0 atom stereocenters. The minimum Gasteiger partial charge on any atom is -0.368 e. The molecule has 1 saturated heterocycles. The lowest BCUT2D eigenvalue weighted by Crippen LogP contribution is -2.49. The van der Waals surface area contributed by atoms with Gasteiger partial charge in [0.25, 0.3) is 0 Å². The van der Waals surface area contributed by atoms with Gasteiger partial charge in [-0.1, -0.05) is 6.07 Å². The number of rotatable bonds is 4. The summed E-state index contributed by atoms with van der Waals surface area (Å²) in [6.07, 6.45) is 0.360. The van der Waals surface area contributed by atoms with Crippen molar-refractivity contribution in [2.24, 2.45) is 5.84 Å². The molecule has 1 heterocycles. The molecule has 120 valence electrons. The minimum atomic E-state index is -0.304. The third kappa shape index (κ3) is 3.98. The molecule has 1 aromatic carbocycles. The Hall–Kier alpha value is -2.08. The van der Waals surface area contributed by atoms with E-state index in [1.54, 1.807) is 0 Å². The Balaban J connectivity index is 1.86. The van der Waals surface area contributed by atoms with Gasteiger partial charge in [-0.2, -0.15) is 0 Å². The van der Waals surface area contributed by atoms with Gasteiger partial charge in [0, 0.05) is 44.7 Å². The number of carbonyl (C=O) groups excluding carboxylic acids is 2. The number of hydrogen-bond acceptors (Lipinski definition) is 4. The highest BCUT2D eigenvalue weighted by Crippen LogP contribution is 2.20. The summed E-state index contributed by atoms with van der Waals surface area (Å²) in [5.74, 6) is 4.72. The maximum absolute atomic E-state index is 12.0. The number of nitrogens with one attached hydrogen (secondary N) is 1. The molecule has 6 nitrogen and oxygen atoms in total. The molecule has 0 aromatic heterocycles. The van der Waals surface area contributed by atoms with Gasteiger partial charge >= 0.3 is 0 Å². The number of benzene rings is 1. The van der Waals surface area contributed by atoms with Crippen molar-refractivity contribution in [2.45, 2.75) is 26.7 Å². The standard InChI is InChI=1S/C16H24N4O2/c1-12-3-4-14(11-13(12)2)19-7-9-20(10-8-19)16(22)6-5-15(21)18-17/h3-4,11H,5-10,17H2,1-2H3,(H,18,21). The fourth-order valence-corrected chi connectivity index (χ4v) is 2.59. The first-order valence-corrected chi connectivity index (χ1v) is 7.60. The van der Waals surface area contributed by atoms with Crippen molar-refractivity contribution in [1.82, 2.24) is 10.3 Å². The van der Waals surface area contributed by atoms with E-state index >= 15 is 0 Å². The van der Waals surface area contributed by atoms with Gasteiger partial charge in [0.15, 0.2) is 0 Å². The molecule has 0 bridgehead atoms. The van der Waals surface area contributed by atoms with Crippen molar-refractivity contribution in [2.75, 3.05) is 31.1 Å². The number of nitrogens with zero attached hydrogens (tertiary/aromatic N) is 2. The summed E-state index contributed by atoms with van der Waals surface area (Å²) in [6, 6.07) is 6.46. The van der Waals surface area contributed by atoms with E-state index < -0.39 is 0 Å². The molecular weight excluding hydrogens is 280 g/mol. The van der Waals surface area contributed by atoms with Crippen LogP contribution < -0.4 is 16.2 Å². The highest BCUT2D eigenvalue weighted by atomic mass is 16.2. The molecule has 22 heavy (non-hydrogen) atoms. The molecule has 0 unspecified atom stereocenters. The second-order valence-electron chi connectivity index (χ2n) is 5.70.